The number of hydrogen-bond acceptors (Lipinski definition) is 8. The molecule has 0 radical (unpaired) electrons. The topological polar surface area (TPSA) is 134 Å². The minimum Gasteiger partial charge on any atom is -0.462 e. The minimum absolute atomic E-state index is 0.0499. The van der Waals surface area contributed by atoms with Gasteiger partial charge in [-0.2, -0.15) is 0 Å². The second-order valence-electron chi connectivity index (χ2n) is 19.5. The molecule has 10 heteroatoms. The van der Waals surface area contributed by atoms with E-state index in [1.165, 1.54) is 122 Å². The van der Waals surface area contributed by atoms with E-state index in [2.05, 4.69) is 111 Å². The Kier molecular flexibility index (Phi) is 55.7. The van der Waals surface area contributed by atoms with Crippen LogP contribution in [0.15, 0.2) is 97.2 Å². The monoisotopic (exact) mass is 1040 g/mol. The molecular weight excluding hydrogens is 930 g/mol. The summed E-state index contributed by atoms with van der Waals surface area (Å²) in [5.41, 5.74) is 5.38. The third-order valence-electron chi connectivity index (χ3n) is 12.5. The smallest absolute Gasteiger partial charge is 0.462 e. The van der Waals surface area contributed by atoms with Gasteiger partial charge in [0.1, 0.15) is 6.61 Å². The zero-order valence-electron chi connectivity index (χ0n) is 46.8. The molecule has 0 aromatic carbocycles. The molecule has 0 saturated heterocycles. The zero-order valence-corrected chi connectivity index (χ0v) is 47.7. The summed E-state index contributed by atoms with van der Waals surface area (Å²) in [6, 6.07) is 0. The molecule has 0 heterocycles. The lowest BCUT2D eigenvalue weighted by atomic mass is 10.0. The summed E-state index contributed by atoms with van der Waals surface area (Å²) in [6.45, 7) is 3.62. The van der Waals surface area contributed by atoms with Crippen LogP contribution in [0.2, 0.25) is 0 Å². The average Bonchev–Trinajstić information content (AvgIpc) is 3.38. The van der Waals surface area contributed by atoms with Crippen molar-refractivity contribution < 1.29 is 37.6 Å². The van der Waals surface area contributed by atoms with E-state index in [4.69, 9.17) is 24.3 Å². The molecule has 2 unspecified atom stereocenters. The number of nitrogens with two attached hydrogens (primary N) is 1. The zero-order chi connectivity index (χ0) is 53.1. The van der Waals surface area contributed by atoms with Crippen molar-refractivity contribution in [3.8, 4) is 0 Å². The Hall–Kier alpha value is -3.07. The van der Waals surface area contributed by atoms with Crippen LogP contribution in [-0.4, -0.2) is 49.3 Å². The van der Waals surface area contributed by atoms with E-state index < -0.39 is 26.5 Å². The summed E-state index contributed by atoms with van der Waals surface area (Å²) in [5.74, 6) is -0.835. The molecule has 0 aromatic rings. The molecule has 2 atom stereocenters. The molecule has 3 N–H and O–H groups in total. The van der Waals surface area contributed by atoms with E-state index >= 15 is 0 Å². The van der Waals surface area contributed by atoms with Crippen LogP contribution >= 0.6 is 7.82 Å². The molecule has 0 fully saturated rings. The quantitative estimate of drug-likeness (QED) is 0.0264. The first-order valence-electron chi connectivity index (χ1n) is 29.7. The molecule has 0 spiro atoms. The van der Waals surface area contributed by atoms with Crippen LogP contribution in [0.25, 0.3) is 0 Å². The molecule has 0 saturated carbocycles. The number of hydrogen-bond donors (Lipinski definition) is 2. The van der Waals surface area contributed by atoms with Crippen molar-refractivity contribution in [3.63, 3.8) is 0 Å². The van der Waals surface area contributed by atoms with Gasteiger partial charge in [-0.25, -0.2) is 4.57 Å². The molecule has 0 aromatic heterocycles. The van der Waals surface area contributed by atoms with Crippen molar-refractivity contribution in [2.75, 3.05) is 26.4 Å². The normalized spacial score (nSPS) is 13.8. The van der Waals surface area contributed by atoms with Crippen molar-refractivity contribution in [2.45, 2.75) is 264 Å². The molecule has 9 nitrogen and oxygen atoms in total. The molecule has 0 aliphatic rings. The first-order valence-corrected chi connectivity index (χ1v) is 31.2. The van der Waals surface area contributed by atoms with Crippen LogP contribution in [0.4, 0.5) is 0 Å². The third kappa shape index (κ3) is 58.1. The van der Waals surface area contributed by atoms with Crippen molar-refractivity contribution in [2.24, 2.45) is 5.73 Å². The SMILES string of the molecule is CC/C=C\C/C=C\C/C=C\C/C=C\C/C=C\C/C=C\C/C=C\CCCCCCCCCCCCCCCCCC(=O)OC(COC(=O)CCCCCCC/C=C\CCCCCCCC)COP(=O)(O)OCCN. The summed E-state index contributed by atoms with van der Waals surface area (Å²) >= 11 is 0. The van der Waals surface area contributed by atoms with E-state index in [0.29, 0.717) is 6.42 Å². The summed E-state index contributed by atoms with van der Waals surface area (Å²) in [6.07, 6.45) is 77.6. The standard InChI is InChI=1S/C63H110NO8P/c1-3-5-7-9-11-13-15-17-19-20-21-22-23-24-25-26-27-28-29-30-31-32-33-34-35-36-37-38-39-40-42-44-46-48-50-52-54-56-63(66)72-61(60-71-73(67,68)70-58-57-64)59-69-62(65)55-53-51-49-47-45-43-41-18-16-14-12-10-8-6-4-2/h5,7,11,13,17-19,21-22,24-25,27-28,30-31,41,61H,3-4,6,8-10,12,14-16,20,23,26,29,32-40,42-60,64H2,1-2H3,(H,67,68)/b7-5-,13-11-,19-17-,22-21-,25-24-,28-27-,31-30-,41-18-. The molecule has 0 bridgehead atoms. The Morgan fingerprint density at radius 3 is 1.14 bits per heavy atom. The van der Waals surface area contributed by atoms with Crippen molar-refractivity contribution in [1.82, 2.24) is 0 Å². The Morgan fingerprint density at radius 2 is 0.753 bits per heavy atom. The van der Waals surface area contributed by atoms with Gasteiger partial charge in [-0.1, -0.05) is 246 Å². The fourth-order valence-corrected chi connectivity index (χ4v) is 8.85. The predicted molar refractivity (Wildman–Crippen MR) is 312 cm³/mol. The largest absolute Gasteiger partial charge is 0.472 e. The first kappa shape index (κ1) is 69.9. The summed E-state index contributed by atoms with van der Waals surface area (Å²) < 4.78 is 33.0. The molecule has 0 aliphatic carbocycles. The van der Waals surface area contributed by atoms with Crippen LogP contribution < -0.4 is 5.73 Å². The summed E-state index contributed by atoms with van der Waals surface area (Å²) in [7, 11) is -4.39. The lowest BCUT2D eigenvalue weighted by Gasteiger charge is -2.19. The highest BCUT2D eigenvalue weighted by Crippen LogP contribution is 2.43. The van der Waals surface area contributed by atoms with Gasteiger partial charge in [0, 0.05) is 19.4 Å². The van der Waals surface area contributed by atoms with E-state index in [0.717, 1.165) is 103 Å². The number of allylic oxidation sites excluding steroid dienone is 16. The highest BCUT2D eigenvalue weighted by Gasteiger charge is 2.26. The van der Waals surface area contributed by atoms with Gasteiger partial charge >= 0.3 is 19.8 Å². The van der Waals surface area contributed by atoms with Crippen molar-refractivity contribution >= 4 is 19.8 Å². The number of esters is 2. The van der Waals surface area contributed by atoms with Crippen LogP contribution in [0.1, 0.15) is 258 Å². The minimum atomic E-state index is -4.39. The van der Waals surface area contributed by atoms with E-state index in [-0.39, 0.29) is 38.6 Å². The first-order chi connectivity index (χ1) is 35.8. The highest BCUT2D eigenvalue weighted by molar-refractivity contribution is 7.47. The van der Waals surface area contributed by atoms with Crippen LogP contribution in [0.3, 0.4) is 0 Å². The Bertz CT molecular complexity index is 1510. The van der Waals surface area contributed by atoms with Gasteiger partial charge in [-0.15, -0.1) is 0 Å². The van der Waals surface area contributed by atoms with Gasteiger partial charge in [0.2, 0.25) is 0 Å². The maximum atomic E-state index is 12.7. The van der Waals surface area contributed by atoms with Crippen molar-refractivity contribution in [3.05, 3.63) is 97.2 Å². The lowest BCUT2D eigenvalue weighted by Crippen LogP contribution is -2.29. The van der Waals surface area contributed by atoms with E-state index in [1.54, 1.807) is 0 Å². The lowest BCUT2D eigenvalue weighted by molar-refractivity contribution is -0.161. The molecule has 0 amide bonds. The maximum Gasteiger partial charge on any atom is 0.472 e. The number of carbonyl (C=O) groups is 2. The second-order valence-corrected chi connectivity index (χ2v) is 20.9. The molecule has 73 heavy (non-hydrogen) atoms. The van der Waals surface area contributed by atoms with Gasteiger partial charge in [-0.3, -0.25) is 18.6 Å². The van der Waals surface area contributed by atoms with Gasteiger partial charge in [0.25, 0.3) is 0 Å². The number of phosphoric ester groups is 1. The van der Waals surface area contributed by atoms with Crippen molar-refractivity contribution in [1.29, 1.82) is 0 Å². The summed E-state index contributed by atoms with van der Waals surface area (Å²) in [5, 5.41) is 0. The Labute approximate surface area is 448 Å². The van der Waals surface area contributed by atoms with E-state index in [9.17, 15) is 19.0 Å². The average molecular weight is 1040 g/mol. The third-order valence-corrected chi connectivity index (χ3v) is 13.4. The van der Waals surface area contributed by atoms with Gasteiger partial charge in [0.05, 0.1) is 13.2 Å². The highest BCUT2D eigenvalue weighted by atomic mass is 31.2. The number of unbranched alkanes of at least 4 members (excludes halogenated alkanes) is 26. The maximum absolute atomic E-state index is 12.7. The van der Waals surface area contributed by atoms with Crippen LogP contribution in [0, 0.1) is 0 Å². The number of carbonyl (C=O) groups excluding carboxylic acids is 2. The fourth-order valence-electron chi connectivity index (χ4n) is 8.08. The number of rotatable bonds is 55. The Balaban J connectivity index is 3.90. The van der Waals surface area contributed by atoms with E-state index in [1.807, 2.05) is 0 Å². The predicted octanol–water partition coefficient (Wildman–Crippen LogP) is 18.8. The Morgan fingerprint density at radius 1 is 0.425 bits per heavy atom. The summed E-state index contributed by atoms with van der Waals surface area (Å²) in [4.78, 5) is 35.1. The van der Waals surface area contributed by atoms with Gasteiger partial charge in [-0.05, 0) is 96.3 Å². The number of ether oxygens (including phenoxy) is 2. The molecule has 420 valence electrons. The fraction of sp³-hybridized carbons (Fsp3) is 0.714. The van der Waals surface area contributed by atoms with Crippen LogP contribution in [0.5, 0.6) is 0 Å². The number of phosphoric acid groups is 1. The van der Waals surface area contributed by atoms with Crippen LogP contribution in [-0.2, 0) is 32.7 Å². The molecular formula is C63H110NO8P. The van der Waals surface area contributed by atoms with Gasteiger partial charge in [0.15, 0.2) is 6.10 Å². The van der Waals surface area contributed by atoms with Gasteiger partial charge < -0.3 is 20.1 Å². The second kappa shape index (κ2) is 58.2. The molecule has 0 rings (SSSR count). The molecule has 0 aliphatic heterocycles.